The van der Waals surface area contributed by atoms with Crippen LogP contribution in [0.3, 0.4) is 0 Å². The maximum Gasteiger partial charge on any atom is 0.264 e. The minimum absolute atomic E-state index is 0.0250. The van der Waals surface area contributed by atoms with Crippen LogP contribution >= 0.6 is 11.8 Å². The molecule has 1 N–H and O–H groups in total. The van der Waals surface area contributed by atoms with Crippen molar-refractivity contribution in [2.45, 2.75) is 18.2 Å². The monoisotopic (exact) mass is 298 g/mol. The van der Waals surface area contributed by atoms with Crippen LogP contribution < -0.4 is 4.72 Å². The third-order valence-electron chi connectivity index (χ3n) is 2.22. The quantitative estimate of drug-likeness (QED) is 0.804. The van der Waals surface area contributed by atoms with Crippen LogP contribution in [0.2, 0.25) is 0 Å². The lowest BCUT2D eigenvalue weighted by Gasteiger charge is -2.06. The number of thioether (sulfide) groups is 1. The molecule has 1 rings (SSSR count). The molecule has 0 heterocycles. The molecule has 0 fully saturated rings. The molecule has 0 aliphatic carbocycles. The summed E-state index contributed by atoms with van der Waals surface area (Å²) in [5.41, 5.74) is 0.365. The van der Waals surface area contributed by atoms with Crippen LogP contribution in [0.4, 0.5) is 0 Å². The van der Waals surface area contributed by atoms with E-state index in [2.05, 4.69) is 0 Å². The van der Waals surface area contributed by atoms with Crippen molar-refractivity contribution >= 4 is 27.7 Å². The first kappa shape index (κ1) is 15.5. The van der Waals surface area contributed by atoms with E-state index in [4.69, 9.17) is 5.26 Å². The smallest absolute Gasteiger partial charge is 0.264 e. The van der Waals surface area contributed by atoms with Crippen LogP contribution in [0, 0.1) is 11.3 Å². The molecule has 0 saturated carbocycles. The van der Waals surface area contributed by atoms with Crippen LogP contribution in [0.25, 0.3) is 0 Å². The molecule has 0 bridgehead atoms. The number of carbonyl (C=O) groups is 1. The second-order valence-electron chi connectivity index (χ2n) is 3.61. The Morgan fingerprint density at radius 2 is 2.00 bits per heavy atom. The molecule has 0 spiro atoms. The normalized spacial score (nSPS) is 10.7. The Morgan fingerprint density at radius 1 is 1.37 bits per heavy atom. The number of benzene rings is 1. The van der Waals surface area contributed by atoms with Crippen molar-refractivity contribution in [3.8, 4) is 6.07 Å². The summed E-state index contributed by atoms with van der Waals surface area (Å²) in [4.78, 5) is 11.4. The number of carbonyl (C=O) groups excluding carboxylic acids is 1. The molecule has 0 unspecified atom stereocenters. The second kappa shape index (κ2) is 7.16. The van der Waals surface area contributed by atoms with Crippen molar-refractivity contribution in [3.63, 3.8) is 0 Å². The highest BCUT2D eigenvalue weighted by Crippen LogP contribution is 2.10. The predicted octanol–water partition coefficient (Wildman–Crippen LogP) is 1.51. The Labute approximate surface area is 117 Å². The Hall–Kier alpha value is -1.52. The van der Waals surface area contributed by atoms with Gasteiger partial charge in [-0.25, -0.2) is 13.1 Å². The largest absolute Gasteiger partial charge is 0.274 e. The van der Waals surface area contributed by atoms with E-state index < -0.39 is 15.9 Å². The number of hydrogen-bond acceptors (Lipinski definition) is 5. The minimum atomic E-state index is -3.84. The molecule has 0 aromatic heterocycles. The zero-order valence-corrected chi connectivity index (χ0v) is 12.1. The topological polar surface area (TPSA) is 87.0 Å². The Bertz CT molecular complexity index is 574. The highest BCUT2D eigenvalue weighted by atomic mass is 32.2. The zero-order chi connectivity index (χ0) is 14.3. The lowest BCUT2D eigenvalue weighted by atomic mass is 10.2. The highest BCUT2D eigenvalue weighted by molar-refractivity contribution is 7.99. The number of hydrogen-bond donors (Lipinski definition) is 1. The molecule has 0 saturated heterocycles. The summed E-state index contributed by atoms with van der Waals surface area (Å²) in [6.07, 6.45) is 0.161. The fourth-order valence-electron chi connectivity index (χ4n) is 1.28. The summed E-state index contributed by atoms with van der Waals surface area (Å²) < 4.78 is 25.7. The van der Waals surface area contributed by atoms with Gasteiger partial charge < -0.3 is 0 Å². The lowest BCUT2D eigenvalue weighted by molar-refractivity contribution is -0.118. The molecule has 19 heavy (non-hydrogen) atoms. The van der Waals surface area contributed by atoms with Gasteiger partial charge in [-0.1, -0.05) is 6.92 Å². The maximum absolute atomic E-state index is 11.9. The van der Waals surface area contributed by atoms with Crippen molar-refractivity contribution in [3.05, 3.63) is 29.8 Å². The maximum atomic E-state index is 11.9. The summed E-state index contributed by atoms with van der Waals surface area (Å²) in [5.74, 6) is 0.950. The third-order valence-corrected chi connectivity index (χ3v) is 4.51. The first-order chi connectivity index (χ1) is 8.99. The number of nitrogens with one attached hydrogen (secondary N) is 1. The van der Waals surface area contributed by atoms with Gasteiger partial charge in [-0.2, -0.15) is 17.0 Å². The average Bonchev–Trinajstić information content (AvgIpc) is 2.38. The molecule has 102 valence electrons. The fraction of sp³-hybridized carbons (Fsp3) is 0.333. The summed E-state index contributed by atoms with van der Waals surface area (Å²) in [6.45, 7) is 1.97. The van der Waals surface area contributed by atoms with Gasteiger partial charge in [0.2, 0.25) is 5.91 Å². The molecule has 1 aromatic rings. The van der Waals surface area contributed by atoms with Crippen molar-refractivity contribution in [1.82, 2.24) is 4.72 Å². The standard InChI is InChI=1S/C12H14N2O3S2/c1-2-18-8-7-12(15)14-19(16,17)11-5-3-10(9-13)4-6-11/h3-6H,2,7-8H2,1H3,(H,14,15). The molecule has 1 amide bonds. The van der Waals surface area contributed by atoms with Gasteiger partial charge in [-0.3, -0.25) is 4.79 Å². The van der Waals surface area contributed by atoms with Crippen LogP contribution in [-0.4, -0.2) is 25.8 Å². The number of amides is 1. The third kappa shape index (κ3) is 4.93. The van der Waals surface area contributed by atoms with E-state index in [0.29, 0.717) is 11.3 Å². The molecule has 0 radical (unpaired) electrons. The summed E-state index contributed by atoms with van der Waals surface area (Å²) in [7, 11) is -3.84. The SMILES string of the molecule is CCSCCC(=O)NS(=O)(=O)c1ccc(C#N)cc1. The fourth-order valence-corrected chi connectivity index (χ4v) is 2.91. The van der Waals surface area contributed by atoms with Crippen LogP contribution in [0.15, 0.2) is 29.2 Å². The number of nitrogens with zero attached hydrogens (tertiary/aromatic N) is 1. The van der Waals surface area contributed by atoms with Gasteiger partial charge in [0.25, 0.3) is 10.0 Å². The minimum Gasteiger partial charge on any atom is -0.274 e. The molecule has 5 nitrogen and oxygen atoms in total. The Morgan fingerprint density at radius 3 is 2.53 bits per heavy atom. The van der Waals surface area contributed by atoms with Gasteiger partial charge in [0.05, 0.1) is 16.5 Å². The van der Waals surface area contributed by atoms with Gasteiger partial charge in [-0.15, -0.1) is 0 Å². The molecule has 0 atom stereocenters. The first-order valence-electron chi connectivity index (χ1n) is 5.63. The van der Waals surface area contributed by atoms with E-state index in [9.17, 15) is 13.2 Å². The summed E-state index contributed by atoms with van der Waals surface area (Å²) >= 11 is 1.57. The lowest BCUT2D eigenvalue weighted by Crippen LogP contribution is -2.30. The number of rotatable bonds is 6. The molecule has 0 aliphatic rings. The van der Waals surface area contributed by atoms with Gasteiger partial charge in [-0.05, 0) is 30.0 Å². The molecular weight excluding hydrogens is 284 g/mol. The van der Waals surface area contributed by atoms with Gasteiger partial charge >= 0.3 is 0 Å². The predicted molar refractivity (Wildman–Crippen MR) is 74.1 cm³/mol. The van der Waals surface area contributed by atoms with E-state index in [1.165, 1.54) is 24.3 Å². The molecule has 0 aliphatic heterocycles. The van der Waals surface area contributed by atoms with Crippen LogP contribution in [0.1, 0.15) is 18.9 Å². The van der Waals surface area contributed by atoms with E-state index in [1.54, 1.807) is 11.8 Å². The Balaban J connectivity index is 2.70. The van der Waals surface area contributed by atoms with Gasteiger partial charge in [0.1, 0.15) is 0 Å². The second-order valence-corrected chi connectivity index (χ2v) is 6.69. The van der Waals surface area contributed by atoms with Crippen molar-refractivity contribution in [1.29, 1.82) is 5.26 Å². The van der Waals surface area contributed by atoms with E-state index in [-0.39, 0.29) is 11.3 Å². The van der Waals surface area contributed by atoms with Crippen LogP contribution in [-0.2, 0) is 14.8 Å². The number of sulfonamides is 1. The first-order valence-corrected chi connectivity index (χ1v) is 8.27. The molecule has 7 heteroatoms. The average molecular weight is 298 g/mol. The van der Waals surface area contributed by atoms with Crippen molar-refractivity contribution < 1.29 is 13.2 Å². The van der Waals surface area contributed by atoms with Gasteiger partial charge in [0.15, 0.2) is 0 Å². The zero-order valence-electron chi connectivity index (χ0n) is 10.4. The van der Waals surface area contributed by atoms with E-state index in [1.807, 2.05) is 17.7 Å². The van der Waals surface area contributed by atoms with E-state index in [0.717, 1.165) is 5.75 Å². The molecule has 1 aromatic carbocycles. The molecular formula is C12H14N2O3S2. The summed E-state index contributed by atoms with van der Waals surface area (Å²) in [5, 5.41) is 8.63. The van der Waals surface area contributed by atoms with E-state index >= 15 is 0 Å². The number of nitriles is 1. The van der Waals surface area contributed by atoms with Crippen molar-refractivity contribution in [2.24, 2.45) is 0 Å². The van der Waals surface area contributed by atoms with Crippen LogP contribution in [0.5, 0.6) is 0 Å². The Kier molecular flexibility index (Phi) is 5.86. The summed E-state index contributed by atoms with van der Waals surface area (Å²) in [6, 6.07) is 7.29. The van der Waals surface area contributed by atoms with Gasteiger partial charge in [0, 0.05) is 12.2 Å². The highest BCUT2D eigenvalue weighted by Gasteiger charge is 2.17. The van der Waals surface area contributed by atoms with Crippen molar-refractivity contribution in [2.75, 3.05) is 11.5 Å².